The number of likely N-dealkylation sites (tertiary alicyclic amines) is 1. The van der Waals surface area contributed by atoms with Crippen molar-refractivity contribution in [3.05, 3.63) is 58.4 Å². The van der Waals surface area contributed by atoms with Gasteiger partial charge in [0.15, 0.2) is 11.6 Å². The molecule has 5 nitrogen and oxygen atoms in total. The minimum absolute atomic E-state index is 0.0251. The smallest absolute Gasteiger partial charge is 0.212 e. The summed E-state index contributed by atoms with van der Waals surface area (Å²) in [5, 5.41) is -0.174. The van der Waals surface area contributed by atoms with Gasteiger partial charge in [0, 0.05) is 6.54 Å². The number of hydrogen-bond donors (Lipinski definition) is 1. The first kappa shape index (κ1) is 23.9. The molecule has 0 saturated carbocycles. The predicted octanol–water partition coefficient (Wildman–Crippen LogP) is 4.29. The fourth-order valence-electron chi connectivity index (χ4n) is 4.00. The molecule has 1 heterocycles. The van der Waals surface area contributed by atoms with Crippen molar-refractivity contribution in [2.45, 2.75) is 26.7 Å². The summed E-state index contributed by atoms with van der Waals surface area (Å²) in [4.78, 5) is 14.9. The van der Waals surface area contributed by atoms with Crippen molar-refractivity contribution in [1.29, 1.82) is 0 Å². The summed E-state index contributed by atoms with van der Waals surface area (Å²) < 4.78 is 41.9. The Morgan fingerprint density at radius 2 is 2.03 bits per heavy atom. The highest BCUT2D eigenvalue weighted by Crippen LogP contribution is 2.29. The zero-order chi connectivity index (χ0) is 22.6. The number of hydrogen-bond acceptors (Lipinski definition) is 4. The van der Waals surface area contributed by atoms with Gasteiger partial charge >= 0.3 is 0 Å². The molecular formula is C23H28ClFN2O3S. The first-order valence-corrected chi connectivity index (χ1v) is 12.5. The van der Waals surface area contributed by atoms with Gasteiger partial charge in [-0.25, -0.2) is 17.5 Å². The van der Waals surface area contributed by atoms with Crippen molar-refractivity contribution in [2.75, 3.05) is 31.9 Å². The maximum Gasteiger partial charge on any atom is 0.212 e. The molecule has 1 fully saturated rings. The highest BCUT2D eigenvalue weighted by atomic mass is 35.5. The first-order chi connectivity index (χ1) is 14.7. The molecule has 0 spiro atoms. The van der Waals surface area contributed by atoms with E-state index in [9.17, 15) is 17.6 Å². The number of piperidine rings is 1. The third-order valence-electron chi connectivity index (χ3n) is 5.64. The quantitative estimate of drug-likeness (QED) is 0.589. The molecule has 0 radical (unpaired) electrons. The van der Waals surface area contributed by atoms with Crippen LogP contribution in [0.5, 0.6) is 0 Å². The van der Waals surface area contributed by atoms with Crippen LogP contribution in [0.2, 0.25) is 5.02 Å². The van der Waals surface area contributed by atoms with Gasteiger partial charge in [0.2, 0.25) is 10.0 Å². The summed E-state index contributed by atoms with van der Waals surface area (Å²) in [5.74, 6) is -1.51. The minimum atomic E-state index is -3.66. The lowest BCUT2D eigenvalue weighted by Crippen LogP contribution is -2.41. The maximum absolute atomic E-state index is 14.6. The average Bonchev–Trinajstić information content (AvgIpc) is 2.73. The third kappa shape index (κ3) is 6.35. The number of rotatable bonds is 8. The molecule has 0 aromatic heterocycles. The number of benzene rings is 2. The van der Waals surface area contributed by atoms with E-state index in [4.69, 9.17) is 11.6 Å². The number of sulfonamides is 1. The molecule has 1 saturated heterocycles. The van der Waals surface area contributed by atoms with E-state index in [-0.39, 0.29) is 22.3 Å². The van der Waals surface area contributed by atoms with Crippen molar-refractivity contribution in [3.63, 3.8) is 0 Å². The van der Waals surface area contributed by atoms with E-state index in [0.717, 1.165) is 43.6 Å². The Morgan fingerprint density at radius 3 is 2.74 bits per heavy atom. The van der Waals surface area contributed by atoms with E-state index in [1.54, 1.807) is 0 Å². The Hall–Kier alpha value is -1.80. The molecule has 3 rings (SSSR count). The van der Waals surface area contributed by atoms with Crippen molar-refractivity contribution < 1.29 is 17.6 Å². The molecule has 0 bridgehead atoms. The van der Waals surface area contributed by atoms with Gasteiger partial charge in [-0.2, -0.15) is 0 Å². The molecule has 168 valence electrons. The second kappa shape index (κ2) is 10.2. The molecule has 1 aliphatic heterocycles. The van der Waals surface area contributed by atoms with Crippen LogP contribution in [0.1, 0.15) is 35.7 Å². The third-order valence-corrected chi connectivity index (χ3v) is 7.41. The number of nitrogens with one attached hydrogen (secondary N) is 1. The fourth-order valence-corrected chi connectivity index (χ4v) is 5.58. The Labute approximate surface area is 188 Å². The average molecular weight is 467 g/mol. The minimum Gasteiger partial charge on any atom is -0.303 e. The van der Waals surface area contributed by atoms with Crippen molar-refractivity contribution >= 4 is 27.4 Å². The van der Waals surface area contributed by atoms with E-state index in [1.807, 2.05) is 31.2 Å². The van der Waals surface area contributed by atoms with Crippen LogP contribution in [0, 0.1) is 18.7 Å². The zero-order valence-electron chi connectivity index (χ0n) is 17.8. The number of Topliss-reactive ketones (excluding diaryl/α,β-unsaturated/α-hetero) is 1. The maximum atomic E-state index is 14.6. The highest BCUT2D eigenvalue weighted by Gasteiger charge is 2.25. The van der Waals surface area contributed by atoms with Crippen LogP contribution in [0.3, 0.4) is 0 Å². The zero-order valence-corrected chi connectivity index (χ0v) is 19.4. The lowest BCUT2D eigenvalue weighted by atomic mass is 9.99. The largest absolute Gasteiger partial charge is 0.303 e. The topological polar surface area (TPSA) is 66.5 Å². The SMILES string of the molecule is CCN1CCCC(CS(=O)(=O)NCC(=O)c2cc(-c3cccc(C)c3)cc(Cl)c2F)C1. The number of carbonyl (C=O) groups excluding carboxylic acids is 1. The van der Waals surface area contributed by atoms with Crippen LogP contribution in [-0.4, -0.2) is 51.0 Å². The first-order valence-electron chi connectivity index (χ1n) is 10.5. The number of aryl methyl sites for hydroxylation is 1. The van der Waals surface area contributed by atoms with Gasteiger partial charge in [0.1, 0.15) is 0 Å². The summed E-state index contributed by atoms with van der Waals surface area (Å²) in [5.41, 5.74) is 2.20. The van der Waals surface area contributed by atoms with Gasteiger partial charge in [-0.15, -0.1) is 0 Å². The monoisotopic (exact) mass is 466 g/mol. The molecule has 31 heavy (non-hydrogen) atoms. The van der Waals surface area contributed by atoms with E-state index in [0.29, 0.717) is 5.56 Å². The second-order valence-corrected chi connectivity index (χ2v) is 10.4. The molecule has 1 N–H and O–H groups in total. The highest BCUT2D eigenvalue weighted by molar-refractivity contribution is 7.89. The molecule has 1 unspecified atom stereocenters. The van der Waals surface area contributed by atoms with E-state index < -0.39 is 28.2 Å². The van der Waals surface area contributed by atoms with Gasteiger partial charge in [0.05, 0.1) is 22.9 Å². The molecule has 2 aromatic carbocycles. The van der Waals surface area contributed by atoms with Crippen LogP contribution in [0.25, 0.3) is 11.1 Å². The van der Waals surface area contributed by atoms with Gasteiger partial charge in [0.25, 0.3) is 0 Å². The standard InChI is InChI=1S/C23H28ClFN2O3S/c1-3-27-9-5-7-17(14-27)15-31(29,30)26-13-22(28)20-11-19(12-21(24)23(20)25)18-8-4-6-16(2)10-18/h4,6,8,10-12,17,26H,3,5,7,9,13-15H2,1-2H3. The van der Waals surface area contributed by atoms with Crippen LogP contribution in [0.15, 0.2) is 36.4 Å². The molecule has 0 amide bonds. The Morgan fingerprint density at radius 1 is 1.26 bits per heavy atom. The molecule has 8 heteroatoms. The number of carbonyl (C=O) groups is 1. The summed E-state index contributed by atoms with van der Waals surface area (Å²) in [6.45, 7) is 6.08. The Kier molecular flexibility index (Phi) is 7.86. The summed E-state index contributed by atoms with van der Waals surface area (Å²) in [6, 6.07) is 10.4. The Balaban J connectivity index is 1.71. The number of ketones is 1. The Bertz CT molecular complexity index is 1060. The molecule has 0 aliphatic carbocycles. The fraction of sp³-hybridized carbons (Fsp3) is 0.435. The van der Waals surface area contributed by atoms with Crippen molar-refractivity contribution in [1.82, 2.24) is 9.62 Å². The van der Waals surface area contributed by atoms with Crippen molar-refractivity contribution in [2.24, 2.45) is 5.92 Å². The number of nitrogens with zero attached hydrogens (tertiary/aromatic N) is 1. The van der Waals surface area contributed by atoms with Gasteiger partial charge < -0.3 is 4.90 Å². The predicted molar refractivity (Wildman–Crippen MR) is 123 cm³/mol. The van der Waals surface area contributed by atoms with Gasteiger partial charge in [-0.3, -0.25) is 4.79 Å². The lowest BCUT2D eigenvalue weighted by molar-refractivity contribution is 0.0993. The van der Waals surface area contributed by atoms with Crippen molar-refractivity contribution in [3.8, 4) is 11.1 Å². The van der Waals surface area contributed by atoms with E-state index in [1.165, 1.54) is 12.1 Å². The van der Waals surface area contributed by atoms with Gasteiger partial charge in [-0.1, -0.05) is 48.4 Å². The van der Waals surface area contributed by atoms with Crippen LogP contribution in [-0.2, 0) is 10.0 Å². The normalized spacial score (nSPS) is 17.6. The summed E-state index contributed by atoms with van der Waals surface area (Å²) in [6.07, 6.45) is 1.80. The van der Waals surface area contributed by atoms with Crippen LogP contribution in [0.4, 0.5) is 4.39 Å². The molecule has 2 aromatic rings. The molecule has 1 atom stereocenters. The number of halogens is 2. The summed E-state index contributed by atoms with van der Waals surface area (Å²) in [7, 11) is -3.66. The molecule has 1 aliphatic rings. The van der Waals surface area contributed by atoms with Crippen LogP contribution < -0.4 is 4.72 Å². The van der Waals surface area contributed by atoms with Crippen LogP contribution >= 0.6 is 11.6 Å². The second-order valence-electron chi connectivity index (χ2n) is 8.12. The van der Waals surface area contributed by atoms with Gasteiger partial charge in [-0.05, 0) is 62.0 Å². The summed E-state index contributed by atoms with van der Waals surface area (Å²) >= 11 is 6.03. The molecular weight excluding hydrogens is 439 g/mol. The van der Waals surface area contributed by atoms with E-state index >= 15 is 0 Å². The lowest BCUT2D eigenvalue weighted by Gasteiger charge is -2.31. The van der Waals surface area contributed by atoms with E-state index in [2.05, 4.69) is 16.5 Å².